The van der Waals surface area contributed by atoms with Crippen molar-refractivity contribution >= 4 is 21.8 Å². The highest BCUT2D eigenvalue weighted by Gasteiger charge is 2.17. The summed E-state index contributed by atoms with van der Waals surface area (Å²) in [6.45, 7) is 0.289. The molecule has 2 rings (SSSR count). The fraction of sp³-hybridized carbons (Fsp3) is 0.143. The molecule has 0 fully saturated rings. The van der Waals surface area contributed by atoms with Crippen LogP contribution in [-0.4, -0.2) is 17.4 Å². The SMILES string of the molecule is O=C(NCCc1ccncc1)c1c(F)cc(Br)cc1F. The normalized spacial score (nSPS) is 10.3. The van der Waals surface area contributed by atoms with Crippen LogP contribution in [0.4, 0.5) is 8.78 Å². The van der Waals surface area contributed by atoms with Gasteiger partial charge in [0.1, 0.15) is 17.2 Å². The van der Waals surface area contributed by atoms with Gasteiger partial charge in [-0.15, -0.1) is 0 Å². The smallest absolute Gasteiger partial charge is 0.257 e. The summed E-state index contributed by atoms with van der Waals surface area (Å²) in [6, 6.07) is 5.74. The Bertz CT molecular complexity index is 597. The molecule has 3 nitrogen and oxygen atoms in total. The molecule has 0 saturated heterocycles. The summed E-state index contributed by atoms with van der Waals surface area (Å²) in [6.07, 6.45) is 3.85. The van der Waals surface area contributed by atoms with Crippen LogP contribution in [0.2, 0.25) is 0 Å². The largest absolute Gasteiger partial charge is 0.352 e. The van der Waals surface area contributed by atoms with Crippen molar-refractivity contribution in [2.24, 2.45) is 0 Å². The summed E-state index contributed by atoms with van der Waals surface area (Å²) >= 11 is 2.96. The quantitative estimate of drug-likeness (QED) is 0.929. The van der Waals surface area contributed by atoms with E-state index in [0.29, 0.717) is 6.42 Å². The second-order valence-electron chi connectivity index (χ2n) is 4.11. The Labute approximate surface area is 123 Å². The van der Waals surface area contributed by atoms with Crippen molar-refractivity contribution < 1.29 is 13.6 Å². The van der Waals surface area contributed by atoms with Gasteiger partial charge in [0.25, 0.3) is 5.91 Å². The van der Waals surface area contributed by atoms with Crippen molar-refractivity contribution in [2.45, 2.75) is 6.42 Å². The Morgan fingerprint density at radius 2 is 1.80 bits per heavy atom. The number of amides is 1. The highest BCUT2D eigenvalue weighted by molar-refractivity contribution is 9.10. The third kappa shape index (κ3) is 3.60. The van der Waals surface area contributed by atoms with Crippen LogP contribution in [0.25, 0.3) is 0 Å². The van der Waals surface area contributed by atoms with Gasteiger partial charge in [0.2, 0.25) is 0 Å². The lowest BCUT2D eigenvalue weighted by atomic mass is 10.1. The molecule has 0 unspecified atom stereocenters. The maximum Gasteiger partial charge on any atom is 0.257 e. The van der Waals surface area contributed by atoms with Crippen molar-refractivity contribution in [1.82, 2.24) is 10.3 Å². The number of nitrogens with zero attached hydrogens (tertiary/aromatic N) is 1. The molecule has 0 aliphatic rings. The lowest BCUT2D eigenvalue weighted by Crippen LogP contribution is -2.27. The minimum atomic E-state index is -0.890. The van der Waals surface area contributed by atoms with Crippen molar-refractivity contribution in [3.8, 4) is 0 Å². The van der Waals surface area contributed by atoms with E-state index in [-0.39, 0.29) is 11.0 Å². The minimum Gasteiger partial charge on any atom is -0.352 e. The van der Waals surface area contributed by atoms with Crippen molar-refractivity contribution in [3.63, 3.8) is 0 Å². The summed E-state index contributed by atoms with van der Waals surface area (Å²) in [5, 5.41) is 2.49. The number of carbonyl (C=O) groups excluding carboxylic acids is 1. The zero-order valence-corrected chi connectivity index (χ0v) is 12.0. The first-order valence-electron chi connectivity index (χ1n) is 5.89. The van der Waals surface area contributed by atoms with Crippen molar-refractivity contribution in [2.75, 3.05) is 6.54 Å². The first kappa shape index (κ1) is 14.6. The van der Waals surface area contributed by atoms with E-state index >= 15 is 0 Å². The molecule has 0 bridgehead atoms. The van der Waals surface area contributed by atoms with Crippen LogP contribution in [0, 0.1) is 11.6 Å². The summed E-state index contributed by atoms with van der Waals surface area (Å²) in [5.74, 6) is -2.54. The second-order valence-corrected chi connectivity index (χ2v) is 5.02. The Kier molecular flexibility index (Phi) is 4.79. The van der Waals surface area contributed by atoms with Crippen molar-refractivity contribution in [3.05, 3.63) is 63.9 Å². The van der Waals surface area contributed by atoms with Crippen LogP contribution in [0.1, 0.15) is 15.9 Å². The molecule has 0 aliphatic heterocycles. The molecule has 1 aromatic heterocycles. The lowest BCUT2D eigenvalue weighted by Gasteiger charge is -2.07. The molecule has 0 spiro atoms. The van der Waals surface area contributed by atoms with E-state index in [1.807, 2.05) is 12.1 Å². The van der Waals surface area contributed by atoms with Crippen LogP contribution < -0.4 is 5.32 Å². The van der Waals surface area contributed by atoms with Gasteiger partial charge in [-0.25, -0.2) is 8.78 Å². The first-order chi connectivity index (χ1) is 9.58. The summed E-state index contributed by atoms with van der Waals surface area (Å²) < 4.78 is 27.4. The molecule has 2 aromatic rings. The van der Waals surface area contributed by atoms with E-state index in [1.165, 1.54) is 0 Å². The fourth-order valence-electron chi connectivity index (χ4n) is 1.72. The molecule has 0 aliphatic carbocycles. The predicted molar refractivity (Wildman–Crippen MR) is 74.3 cm³/mol. The standard InChI is InChI=1S/C14H11BrF2N2O/c15-10-7-11(16)13(12(17)8-10)14(20)19-6-3-9-1-4-18-5-2-9/h1-2,4-5,7-8H,3,6H2,(H,19,20). The Balaban J connectivity index is 1.99. The van der Waals surface area contributed by atoms with Gasteiger partial charge < -0.3 is 5.32 Å². The van der Waals surface area contributed by atoms with E-state index in [0.717, 1.165) is 17.7 Å². The average molecular weight is 341 g/mol. The number of hydrogen-bond acceptors (Lipinski definition) is 2. The number of aromatic nitrogens is 1. The van der Waals surface area contributed by atoms with Gasteiger partial charge in [-0.05, 0) is 36.2 Å². The third-order valence-corrected chi connectivity index (χ3v) is 3.14. The number of benzene rings is 1. The molecular formula is C14H11BrF2N2O. The van der Waals surface area contributed by atoms with Crippen LogP contribution in [-0.2, 0) is 6.42 Å². The third-order valence-electron chi connectivity index (χ3n) is 2.68. The molecule has 1 heterocycles. The van der Waals surface area contributed by atoms with Gasteiger partial charge in [-0.3, -0.25) is 9.78 Å². The highest BCUT2D eigenvalue weighted by atomic mass is 79.9. The molecule has 20 heavy (non-hydrogen) atoms. The zero-order valence-electron chi connectivity index (χ0n) is 10.4. The van der Waals surface area contributed by atoms with E-state index < -0.39 is 23.1 Å². The van der Waals surface area contributed by atoms with Gasteiger partial charge in [0.05, 0.1) is 0 Å². The van der Waals surface area contributed by atoms with Gasteiger partial charge in [0.15, 0.2) is 0 Å². The topological polar surface area (TPSA) is 42.0 Å². The zero-order chi connectivity index (χ0) is 14.5. The first-order valence-corrected chi connectivity index (χ1v) is 6.69. The Morgan fingerprint density at radius 3 is 2.40 bits per heavy atom. The van der Waals surface area contributed by atoms with Gasteiger partial charge in [-0.2, -0.15) is 0 Å². The molecular weight excluding hydrogens is 330 g/mol. The van der Waals surface area contributed by atoms with Gasteiger partial charge >= 0.3 is 0 Å². The van der Waals surface area contributed by atoms with Crippen molar-refractivity contribution in [1.29, 1.82) is 0 Å². The maximum atomic E-state index is 13.6. The van der Waals surface area contributed by atoms with Gasteiger partial charge in [0, 0.05) is 23.4 Å². The molecule has 0 saturated carbocycles. The molecule has 0 radical (unpaired) electrons. The number of carbonyl (C=O) groups is 1. The monoisotopic (exact) mass is 340 g/mol. The second kappa shape index (κ2) is 6.56. The van der Waals surface area contributed by atoms with E-state index in [2.05, 4.69) is 26.2 Å². The number of rotatable bonds is 4. The van der Waals surface area contributed by atoms with Crippen LogP contribution >= 0.6 is 15.9 Å². The molecule has 0 atom stereocenters. The van der Waals surface area contributed by atoms with Crippen LogP contribution in [0.3, 0.4) is 0 Å². The van der Waals surface area contributed by atoms with Gasteiger partial charge in [-0.1, -0.05) is 15.9 Å². The Hall–Kier alpha value is -1.82. The molecule has 6 heteroatoms. The number of hydrogen-bond donors (Lipinski definition) is 1. The molecule has 1 amide bonds. The minimum absolute atomic E-state index is 0.251. The van der Waals surface area contributed by atoms with E-state index in [9.17, 15) is 13.6 Å². The Morgan fingerprint density at radius 1 is 1.20 bits per heavy atom. The van der Waals surface area contributed by atoms with E-state index in [1.54, 1.807) is 12.4 Å². The highest BCUT2D eigenvalue weighted by Crippen LogP contribution is 2.19. The molecule has 104 valence electrons. The number of halogens is 3. The maximum absolute atomic E-state index is 13.6. The average Bonchev–Trinajstić information content (AvgIpc) is 2.38. The number of pyridine rings is 1. The predicted octanol–water partition coefficient (Wildman–Crippen LogP) is 3.09. The number of nitrogens with one attached hydrogen (secondary N) is 1. The van der Waals surface area contributed by atoms with Crippen LogP contribution in [0.5, 0.6) is 0 Å². The van der Waals surface area contributed by atoms with Crippen LogP contribution in [0.15, 0.2) is 41.1 Å². The molecule has 1 N–H and O–H groups in total. The fourth-order valence-corrected chi connectivity index (χ4v) is 2.12. The lowest BCUT2D eigenvalue weighted by molar-refractivity contribution is 0.0945. The molecule has 1 aromatic carbocycles. The van der Waals surface area contributed by atoms with E-state index in [4.69, 9.17) is 0 Å². The summed E-state index contributed by atoms with van der Waals surface area (Å²) in [5.41, 5.74) is 0.417. The summed E-state index contributed by atoms with van der Waals surface area (Å²) in [4.78, 5) is 15.6. The summed E-state index contributed by atoms with van der Waals surface area (Å²) in [7, 11) is 0.